The molecule has 0 aliphatic carbocycles. The summed E-state index contributed by atoms with van der Waals surface area (Å²) >= 11 is 0. The number of amides is 2. The smallest absolute Gasteiger partial charge is 0.255 e. The zero-order valence-electron chi connectivity index (χ0n) is 14.6. The molecule has 0 saturated heterocycles. The second kappa shape index (κ2) is 7.77. The van der Waals surface area contributed by atoms with E-state index in [1.165, 1.54) is 0 Å². The number of para-hydroxylation sites is 1. The van der Waals surface area contributed by atoms with Gasteiger partial charge in [0, 0.05) is 22.9 Å². The lowest BCUT2D eigenvalue weighted by Gasteiger charge is -2.13. The first-order chi connectivity index (χ1) is 11.4. The van der Waals surface area contributed by atoms with Crippen LogP contribution in [0.4, 0.5) is 5.69 Å². The van der Waals surface area contributed by atoms with Crippen LogP contribution in [0.25, 0.3) is 0 Å². The third kappa shape index (κ3) is 4.22. The van der Waals surface area contributed by atoms with E-state index in [9.17, 15) is 9.59 Å². The Hall–Kier alpha value is -2.62. The molecule has 0 spiro atoms. The summed E-state index contributed by atoms with van der Waals surface area (Å²) in [6.45, 7) is 7.86. The van der Waals surface area contributed by atoms with Crippen molar-refractivity contribution in [3.8, 4) is 0 Å². The van der Waals surface area contributed by atoms with Gasteiger partial charge in [0.2, 0.25) is 0 Å². The highest BCUT2D eigenvalue weighted by Crippen LogP contribution is 2.22. The molecule has 0 saturated carbocycles. The van der Waals surface area contributed by atoms with Crippen molar-refractivity contribution in [2.75, 3.05) is 5.32 Å². The molecule has 4 heteroatoms. The maximum Gasteiger partial charge on any atom is 0.255 e. The number of nitrogens with one attached hydrogen (secondary N) is 2. The summed E-state index contributed by atoms with van der Waals surface area (Å²) in [6.07, 6.45) is 0.853. The van der Waals surface area contributed by atoms with E-state index in [0.717, 1.165) is 23.2 Å². The van der Waals surface area contributed by atoms with Crippen molar-refractivity contribution in [1.82, 2.24) is 5.32 Å². The van der Waals surface area contributed by atoms with Crippen LogP contribution < -0.4 is 10.6 Å². The first kappa shape index (κ1) is 17.7. The number of rotatable bonds is 5. The van der Waals surface area contributed by atoms with Crippen LogP contribution in [0.3, 0.4) is 0 Å². The van der Waals surface area contributed by atoms with E-state index in [4.69, 9.17) is 0 Å². The van der Waals surface area contributed by atoms with Gasteiger partial charge in [-0.1, -0.05) is 25.1 Å². The van der Waals surface area contributed by atoms with Crippen molar-refractivity contribution in [3.63, 3.8) is 0 Å². The maximum absolute atomic E-state index is 12.5. The first-order valence-corrected chi connectivity index (χ1v) is 8.23. The van der Waals surface area contributed by atoms with Gasteiger partial charge in [-0.25, -0.2) is 0 Å². The molecule has 0 aromatic heterocycles. The van der Waals surface area contributed by atoms with Crippen LogP contribution in [-0.2, 0) is 6.42 Å². The summed E-state index contributed by atoms with van der Waals surface area (Å²) in [7, 11) is 0. The van der Waals surface area contributed by atoms with E-state index in [1.807, 2.05) is 39.0 Å². The van der Waals surface area contributed by atoms with Gasteiger partial charge in [0.1, 0.15) is 0 Å². The number of carbonyl (C=O) groups excluding carboxylic acids is 2. The summed E-state index contributed by atoms with van der Waals surface area (Å²) in [4.78, 5) is 24.4. The average Bonchev–Trinajstić information content (AvgIpc) is 2.56. The first-order valence-electron chi connectivity index (χ1n) is 8.23. The molecule has 2 aromatic rings. The predicted molar refractivity (Wildman–Crippen MR) is 97.6 cm³/mol. The molecule has 0 aliphatic heterocycles. The minimum absolute atomic E-state index is 0.0778. The molecule has 126 valence electrons. The van der Waals surface area contributed by atoms with E-state index in [0.29, 0.717) is 11.1 Å². The summed E-state index contributed by atoms with van der Waals surface area (Å²) in [5.41, 5.74) is 4.09. The lowest BCUT2D eigenvalue weighted by atomic mass is 10.0. The second-order valence-corrected chi connectivity index (χ2v) is 6.12. The Morgan fingerprint density at radius 3 is 2.08 bits per heavy atom. The van der Waals surface area contributed by atoms with E-state index in [1.54, 1.807) is 24.3 Å². The topological polar surface area (TPSA) is 58.2 Å². The van der Waals surface area contributed by atoms with Crippen molar-refractivity contribution >= 4 is 17.5 Å². The van der Waals surface area contributed by atoms with Crippen LogP contribution in [0.2, 0.25) is 0 Å². The van der Waals surface area contributed by atoms with Crippen molar-refractivity contribution in [1.29, 1.82) is 0 Å². The van der Waals surface area contributed by atoms with Gasteiger partial charge in [-0.15, -0.1) is 0 Å². The van der Waals surface area contributed by atoms with E-state index in [2.05, 4.69) is 17.6 Å². The largest absolute Gasteiger partial charge is 0.350 e. The molecule has 0 radical (unpaired) electrons. The lowest BCUT2D eigenvalue weighted by molar-refractivity contribution is 0.0941. The zero-order valence-corrected chi connectivity index (χ0v) is 14.6. The molecule has 0 bridgehead atoms. The highest BCUT2D eigenvalue weighted by Gasteiger charge is 2.12. The van der Waals surface area contributed by atoms with Crippen molar-refractivity contribution < 1.29 is 9.59 Å². The van der Waals surface area contributed by atoms with Crippen LogP contribution in [0.5, 0.6) is 0 Å². The maximum atomic E-state index is 12.5. The zero-order chi connectivity index (χ0) is 17.7. The number of hydrogen-bond acceptors (Lipinski definition) is 2. The molecule has 2 aromatic carbocycles. The van der Waals surface area contributed by atoms with Crippen LogP contribution in [0.15, 0.2) is 42.5 Å². The fourth-order valence-corrected chi connectivity index (χ4v) is 2.51. The highest BCUT2D eigenvalue weighted by molar-refractivity contribution is 6.05. The van der Waals surface area contributed by atoms with E-state index in [-0.39, 0.29) is 17.9 Å². The Morgan fingerprint density at radius 1 is 0.958 bits per heavy atom. The summed E-state index contributed by atoms with van der Waals surface area (Å²) in [5.74, 6) is -0.307. The summed E-state index contributed by atoms with van der Waals surface area (Å²) in [6, 6.07) is 12.8. The minimum atomic E-state index is -0.171. The van der Waals surface area contributed by atoms with Gasteiger partial charge in [-0.2, -0.15) is 0 Å². The van der Waals surface area contributed by atoms with Gasteiger partial charge in [-0.3, -0.25) is 9.59 Å². The molecule has 0 atom stereocenters. The molecule has 24 heavy (non-hydrogen) atoms. The van der Waals surface area contributed by atoms with Gasteiger partial charge in [0.05, 0.1) is 0 Å². The van der Waals surface area contributed by atoms with Crippen molar-refractivity contribution in [2.24, 2.45) is 0 Å². The minimum Gasteiger partial charge on any atom is -0.350 e. The van der Waals surface area contributed by atoms with Gasteiger partial charge < -0.3 is 10.6 Å². The number of benzene rings is 2. The molecular formula is C20H24N2O2. The molecular weight excluding hydrogens is 300 g/mol. The quantitative estimate of drug-likeness (QED) is 0.875. The number of carbonyl (C=O) groups is 2. The third-order valence-electron chi connectivity index (χ3n) is 3.81. The van der Waals surface area contributed by atoms with Gasteiger partial charge in [0.15, 0.2) is 0 Å². The average molecular weight is 324 g/mol. The number of anilines is 1. The fraction of sp³-hybridized carbons (Fsp3) is 0.300. The summed E-state index contributed by atoms with van der Waals surface area (Å²) < 4.78 is 0. The van der Waals surface area contributed by atoms with Crippen LogP contribution >= 0.6 is 0 Å². The second-order valence-electron chi connectivity index (χ2n) is 6.12. The van der Waals surface area contributed by atoms with Crippen LogP contribution in [0, 0.1) is 6.92 Å². The highest BCUT2D eigenvalue weighted by atomic mass is 16.2. The fourth-order valence-electron chi connectivity index (χ4n) is 2.51. The van der Waals surface area contributed by atoms with Crippen LogP contribution in [0.1, 0.15) is 52.6 Å². The molecule has 2 N–H and O–H groups in total. The van der Waals surface area contributed by atoms with Crippen molar-refractivity contribution in [3.05, 3.63) is 64.7 Å². The number of hydrogen-bond donors (Lipinski definition) is 2. The van der Waals surface area contributed by atoms with Crippen LogP contribution in [-0.4, -0.2) is 17.9 Å². The SMILES string of the molecule is CCc1cccc(C)c1NC(=O)c1ccc(C(=O)NC(C)C)cc1. The molecule has 2 rings (SSSR count). The van der Waals surface area contributed by atoms with E-state index >= 15 is 0 Å². The van der Waals surface area contributed by atoms with E-state index < -0.39 is 0 Å². The Bertz CT molecular complexity index is 734. The molecule has 2 amide bonds. The van der Waals surface area contributed by atoms with Gasteiger partial charge in [0.25, 0.3) is 11.8 Å². The summed E-state index contributed by atoms with van der Waals surface area (Å²) in [5, 5.41) is 5.82. The van der Waals surface area contributed by atoms with Gasteiger partial charge >= 0.3 is 0 Å². The Morgan fingerprint density at radius 2 is 1.54 bits per heavy atom. The Balaban J connectivity index is 2.15. The van der Waals surface area contributed by atoms with Gasteiger partial charge in [-0.05, 0) is 62.6 Å². The predicted octanol–water partition coefficient (Wildman–Crippen LogP) is 3.95. The van der Waals surface area contributed by atoms with Crippen molar-refractivity contribution in [2.45, 2.75) is 40.2 Å². The molecule has 4 nitrogen and oxygen atoms in total. The Kier molecular flexibility index (Phi) is 5.74. The standard InChI is InChI=1S/C20H24N2O2/c1-5-15-8-6-7-14(4)18(15)22-20(24)17-11-9-16(10-12-17)19(23)21-13(2)3/h6-13H,5H2,1-4H3,(H,21,23)(H,22,24). The lowest BCUT2D eigenvalue weighted by Crippen LogP contribution is -2.30. The molecule has 0 fully saturated rings. The normalized spacial score (nSPS) is 10.5. The Labute approximate surface area is 143 Å². The molecule has 0 heterocycles. The third-order valence-corrected chi connectivity index (χ3v) is 3.81. The molecule has 0 unspecified atom stereocenters. The molecule has 0 aliphatic rings. The monoisotopic (exact) mass is 324 g/mol. The number of aryl methyl sites for hydroxylation is 2.